The number of rotatable bonds is 9. The molecule has 0 saturated carbocycles. The number of halogens is 1. The lowest BCUT2D eigenvalue weighted by Crippen LogP contribution is -3.00. The second-order valence-electron chi connectivity index (χ2n) is 7.25. The Morgan fingerprint density at radius 1 is 0.667 bits per heavy atom. The highest BCUT2D eigenvalue weighted by Crippen LogP contribution is 2.47. The van der Waals surface area contributed by atoms with E-state index in [1.165, 1.54) is 48.6 Å². The average Bonchev–Trinajstić information content (AvgIpc) is 2.55. The van der Waals surface area contributed by atoms with Crippen molar-refractivity contribution in [1.82, 2.24) is 0 Å². The topological polar surface area (TPSA) is 0 Å². The van der Waals surface area contributed by atoms with Crippen LogP contribution in [0.25, 0.3) is 0 Å². The zero-order valence-corrected chi connectivity index (χ0v) is 18.7. The van der Waals surface area contributed by atoms with Crippen molar-refractivity contribution in [3.8, 4) is 0 Å². The summed E-state index contributed by atoms with van der Waals surface area (Å²) in [7, 11) is -0.762. The molecule has 3 heteroatoms. The molecule has 132 valence electrons. The van der Waals surface area contributed by atoms with Crippen LogP contribution in [0.5, 0.6) is 0 Å². The first-order valence-electron chi connectivity index (χ1n) is 8.74. The van der Waals surface area contributed by atoms with E-state index in [0.29, 0.717) is 0 Å². The number of benzene rings is 2. The Kier molecular flexibility index (Phi) is 10.4. The zero-order chi connectivity index (χ0) is 16.5. The molecule has 0 atom stereocenters. The lowest BCUT2D eigenvalue weighted by molar-refractivity contribution is -0.00000491. The van der Waals surface area contributed by atoms with Crippen LogP contribution in [0.1, 0.15) is 25.7 Å². The predicted molar refractivity (Wildman–Crippen MR) is 112 cm³/mol. The molecule has 0 spiro atoms. The van der Waals surface area contributed by atoms with Crippen LogP contribution >= 0.6 is 15.2 Å². The summed E-state index contributed by atoms with van der Waals surface area (Å²) < 4.78 is 0. The smallest absolute Gasteiger partial charge is 0.0586 e. The van der Waals surface area contributed by atoms with Crippen LogP contribution < -0.4 is 27.6 Å². The highest BCUT2D eigenvalue weighted by atomic mass is 79.9. The van der Waals surface area contributed by atoms with E-state index in [4.69, 9.17) is 0 Å². The van der Waals surface area contributed by atoms with Gasteiger partial charge in [-0.25, -0.2) is 0 Å². The molecule has 0 nitrogen and oxygen atoms in total. The Balaban J connectivity index is 0.00000288. The quantitative estimate of drug-likeness (QED) is 0.428. The van der Waals surface area contributed by atoms with Gasteiger partial charge in [0.25, 0.3) is 0 Å². The molecule has 0 bridgehead atoms. The second-order valence-corrected chi connectivity index (χ2v) is 14.6. The number of hydrogen-bond acceptors (Lipinski definition) is 0. The third-order valence-corrected chi connectivity index (χ3v) is 8.36. The molecule has 2 aromatic carbocycles. The normalized spacial score (nSPS) is 11.3. The molecule has 0 saturated heterocycles. The van der Waals surface area contributed by atoms with Gasteiger partial charge in [-0.2, -0.15) is 0 Å². The average molecular weight is 425 g/mol. The molecule has 0 aliphatic rings. The van der Waals surface area contributed by atoms with Crippen molar-refractivity contribution in [2.75, 3.05) is 32.3 Å². The van der Waals surface area contributed by atoms with Gasteiger partial charge in [-0.1, -0.05) is 67.1 Å². The summed E-state index contributed by atoms with van der Waals surface area (Å²) in [4.78, 5) is 0. The second kappa shape index (κ2) is 11.4. The summed E-state index contributed by atoms with van der Waals surface area (Å²) in [6.45, 7) is 7.37. The van der Waals surface area contributed by atoms with Crippen LogP contribution in [0.3, 0.4) is 0 Å². The van der Waals surface area contributed by atoms with Crippen molar-refractivity contribution in [1.29, 1.82) is 0 Å². The Bertz CT molecular complexity index is 510. The highest BCUT2D eigenvalue weighted by molar-refractivity contribution is 7.73. The van der Waals surface area contributed by atoms with Crippen molar-refractivity contribution in [3.05, 3.63) is 60.7 Å². The van der Waals surface area contributed by atoms with E-state index in [9.17, 15) is 0 Å². The van der Waals surface area contributed by atoms with Crippen molar-refractivity contribution in [3.63, 3.8) is 0 Å². The van der Waals surface area contributed by atoms with Gasteiger partial charge in [0, 0.05) is 27.3 Å². The largest absolute Gasteiger partial charge is 1.00 e. The van der Waals surface area contributed by atoms with Crippen LogP contribution in [0.2, 0.25) is 0 Å². The van der Waals surface area contributed by atoms with E-state index in [1.54, 1.807) is 0 Å². The van der Waals surface area contributed by atoms with E-state index < -0.39 is 7.26 Å². The fourth-order valence-corrected chi connectivity index (χ4v) is 6.42. The third kappa shape index (κ3) is 8.24. The molecule has 0 heterocycles. The fourth-order valence-electron chi connectivity index (χ4n) is 2.83. The molecule has 0 amide bonds. The van der Waals surface area contributed by atoms with Gasteiger partial charge in [0.05, 0.1) is 6.16 Å². The van der Waals surface area contributed by atoms with Gasteiger partial charge in [0.15, 0.2) is 0 Å². The monoisotopic (exact) mass is 424 g/mol. The van der Waals surface area contributed by atoms with Gasteiger partial charge < -0.3 is 17.0 Å². The molecule has 0 fully saturated rings. The summed E-state index contributed by atoms with van der Waals surface area (Å²) in [5.41, 5.74) is 0. The third-order valence-electron chi connectivity index (χ3n) is 4.10. The summed E-state index contributed by atoms with van der Waals surface area (Å²) in [6.07, 6.45) is 8.36. The van der Waals surface area contributed by atoms with Crippen molar-refractivity contribution in [2.45, 2.75) is 25.7 Å². The van der Waals surface area contributed by atoms with Gasteiger partial charge in [0.1, 0.15) is 0 Å². The first kappa shape index (κ1) is 21.8. The maximum atomic E-state index is 2.46. The number of hydrogen-bond donors (Lipinski definition) is 0. The van der Waals surface area contributed by atoms with E-state index >= 15 is 0 Å². The molecule has 0 aromatic heterocycles. The van der Waals surface area contributed by atoms with Crippen LogP contribution in [0.15, 0.2) is 60.7 Å². The zero-order valence-electron chi connectivity index (χ0n) is 15.3. The molecule has 0 aliphatic heterocycles. The maximum Gasteiger partial charge on any atom is 0.0586 e. The lowest BCUT2D eigenvalue weighted by Gasteiger charge is -2.18. The van der Waals surface area contributed by atoms with Gasteiger partial charge >= 0.3 is 0 Å². The minimum atomic E-state index is -0.575. The van der Waals surface area contributed by atoms with Gasteiger partial charge in [0.2, 0.25) is 0 Å². The number of unbranched alkanes of at least 4 members (excludes halogenated alkanes) is 3. The molecule has 0 aliphatic carbocycles. The fraction of sp³-hybridized carbons (Fsp3) is 0.429. The first-order valence-corrected chi connectivity index (χ1v) is 13.6. The van der Waals surface area contributed by atoms with Crippen LogP contribution in [0, 0.1) is 0 Å². The van der Waals surface area contributed by atoms with Crippen molar-refractivity contribution in [2.24, 2.45) is 0 Å². The molecule has 24 heavy (non-hydrogen) atoms. The SMILES string of the molecule is C[P+](C)(C)CCCCCCP(c1ccccc1)c1ccccc1.[Br-]. The van der Waals surface area contributed by atoms with E-state index in [1.807, 2.05) is 0 Å². The molecular weight excluding hydrogens is 394 g/mol. The summed E-state index contributed by atoms with van der Waals surface area (Å²) >= 11 is 0. The van der Waals surface area contributed by atoms with E-state index in [2.05, 4.69) is 80.7 Å². The van der Waals surface area contributed by atoms with Gasteiger partial charge in [-0.3, -0.25) is 0 Å². The minimum absolute atomic E-state index is 0. The minimum Gasteiger partial charge on any atom is -1.00 e. The lowest BCUT2D eigenvalue weighted by atomic mass is 10.2. The maximum absolute atomic E-state index is 2.46. The summed E-state index contributed by atoms with van der Waals surface area (Å²) in [5.74, 6) is 0. The van der Waals surface area contributed by atoms with Crippen LogP contribution in [-0.2, 0) is 0 Å². The molecule has 0 N–H and O–H groups in total. The van der Waals surface area contributed by atoms with E-state index in [-0.39, 0.29) is 24.9 Å². The molecule has 0 radical (unpaired) electrons. The summed E-state index contributed by atoms with van der Waals surface area (Å²) in [5, 5.41) is 3.05. The molecule has 2 aromatic rings. The standard InChI is InChI=1S/C21H31P2.BrH/c1-23(2,3)19-13-5-4-12-18-22(20-14-8-6-9-15-20)21-16-10-7-11-17-21;/h6-11,14-17H,4-5,12-13,18-19H2,1-3H3;1H/q+1;/p-1. The van der Waals surface area contributed by atoms with Crippen LogP contribution in [-0.4, -0.2) is 32.3 Å². The Labute approximate surface area is 161 Å². The van der Waals surface area contributed by atoms with Crippen molar-refractivity contribution < 1.29 is 17.0 Å². The Morgan fingerprint density at radius 3 is 1.58 bits per heavy atom. The Morgan fingerprint density at radius 2 is 1.12 bits per heavy atom. The predicted octanol–water partition coefficient (Wildman–Crippen LogP) is 2.59. The van der Waals surface area contributed by atoms with Crippen LogP contribution in [0.4, 0.5) is 0 Å². The summed E-state index contributed by atoms with van der Waals surface area (Å²) in [6, 6.07) is 22.2. The first-order chi connectivity index (χ1) is 11.1. The van der Waals surface area contributed by atoms with E-state index in [0.717, 1.165) is 0 Å². The molecule has 2 rings (SSSR count). The van der Waals surface area contributed by atoms with Gasteiger partial charge in [-0.15, -0.1) is 0 Å². The van der Waals surface area contributed by atoms with Crippen molar-refractivity contribution >= 4 is 25.8 Å². The molecule has 0 unspecified atom stereocenters. The highest BCUT2D eigenvalue weighted by Gasteiger charge is 2.16. The Hall–Kier alpha value is -0.220. The van der Waals surface area contributed by atoms with Gasteiger partial charge in [-0.05, 0) is 44.0 Å². The molecular formula is C21H31BrP2.